The highest BCUT2D eigenvalue weighted by atomic mass is 16.3. The number of phenols is 1. The Morgan fingerprint density at radius 2 is 1.50 bits per heavy atom. The Morgan fingerprint density at radius 1 is 0.857 bits per heavy atom. The maximum atomic E-state index is 13.6. The molecule has 0 unspecified atom stereocenters. The molecule has 0 spiro atoms. The number of hydrogen-bond acceptors (Lipinski definition) is 3. The van der Waals surface area contributed by atoms with Crippen molar-refractivity contribution < 1.29 is 14.3 Å². The van der Waals surface area contributed by atoms with Crippen molar-refractivity contribution in [3.63, 3.8) is 0 Å². The van der Waals surface area contributed by atoms with Crippen LogP contribution in [0.4, 0.5) is 0 Å². The second-order valence-electron chi connectivity index (χ2n) is 7.42. The molecule has 28 heavy (non-hydrogen) atoms. The van der Waals surface area contributed by atoms with Crippen LogP contribution < -0.4 is 0 Å². The Labute approximate surface area is 164 Å². The molecule has 1 heterocycles. The third-order valence-electron chi connectivity index (χ3n) is 5.40. The number of aromatic hydroxyl groups is 1. The average molecular weight is 370 g/mol. The lowest BCUT2D eigenvalue weighted by atomic mass is 9.93. The normalized spacial score (nSPS) is 11.1. The third kappa shape index (κ3) is 2.99. The maximum Gasteiger partial charge on any atom is 0.197 e. The number of aryl methyl sites for hydroxylation is 3. The van der Waals surface area contributed by atoms with Gasteiger partial charge in [0.05, 0.1) is 5.56 Å². The third-order valence-corrected chi connectivity index (χ3v) is 5.40. The first-order valence-electron chi connectivity index (χ1n) is 9.30. The molecule has 3 aromatic carbocycles. The first kappa shape index (κ1) is 18.1. The van der Waals surface area contributed by atoms with Crippen molar-refractivity contribution >= 4 is 16.8 Å². The Hall–Kier alpha value is -3.33. The lowest BCUT2D eigenvalue weighted by molar-refractivity contribution is 0.104. The lowest BCUT2D eigenvalue weighted by Gasteiger charge is -2.09. The molecule has 0 radical (unpaired) electrons. The van der Waals surface area contributed by atoms with Crippen molar-refractivity contribution in [1.29, 1.82) is 0 Å². The molecule has 0 aliphatic carbocycles. The van der Waals surface area contributed by atoms with Gasteiger partial charge in [0.1, 0.15) is 17.1 Å². The summed E-state index contributed by atoms with van der Waals surface area (Å²) in [5.41, 5.74) is 7.01. The number of furan rings is 1. The van der Waals surface area contributed by atoms with Gasteiger partial charge in [-0.3, -0.25) is 4.79 Å². The highest BCUT2D eigenvalue weighted by Crippen LogP contribution is 2.37. The zero-order valence-electron chi connectivity index (χ0n) is 16.5. The molecule has 0 fully saturated rings. The minimum atomic E-state index is -0.0776. The van der Waals surface area contributed by atoms with Gasteiger partial charge in [0.2, 0.25) is 0 Å². The molecule has 0 aliphatic heterocycles. The van der Waals surface area contributed by atoms with E-state index in [1.807, 2.05) is 57.2 Å². The summed E-state index contributed by atoms with van der Waals surface area (Å²) >= 11 is 0. The Balaban J connectivity index is 1.98. The summed E-state index contributed by atoms with van der Waals surface area (Å²) in [4.78, 5) is 13.6. The van der Waals surface area contributed by atoms with Crippen LogP contribution >= 0.6 is 0 Å². The molecule has 0 aliphatic rings. The molecule has 1 aromatic heterocycles. The zero-order chi connectivity index (χ0) is 20.0. The topological polar surface area (TPSA) is 50.4 Å². The fourth-order valence-electron chi connectivity index (χ4n) is 3.53. The summed E-state index contributed by atoms with van der Waals surface area (Å²) < 4.78 is 6.05. The summed E-state index contributed by atoms with van der Waals surface area (Å²) in [5, 5.41) is 10.6. The summed E-state index contributed by atoms with van der Waals surface area (Å²) in [6.45, 7) is 8.12. The molecule has 0 amide bonds. The van der Waals surface area contributed by atoms with Gasteiger partial charge in [0.15, 0.2) is 5.78 Å². The number of carbonyl (C=O) groups excluding carboxylic acids is 1. The smallest absolute Gasteiger partial charge is 0.197 e. The molecule has 0 saturated carbocycles. The van der Waals surface area contributed by atoms with Gasteiger partial charge in [-0.2, -0.15) is 0 Å². The van der Waals surface area contributed by atoms with Crippen LogP contribution in [0.15, 0.2) is 59.0 Å². The monoisotopic (exact) mass is 370 g/mol. The Morgan fingerprint density at radius 3 is 2.14 bits per heavy atom. The number of benzene rings is 3. The molecule has 0 bridgehead atoms. The van der Waals surface area contributed by atoms with Crippen molar-refractivity contribution in [3.8, 4) is 17.1 Å². The van der Waals surface area contributed by atoms with Gasteiger partial charge >= 0.3 is 0 Å². The number of rotatable bonds is 3. The number of carbonyl (C=O) groups is 1. The van der Waals surface area contributed by atoms with E-state index >= 15 is 0 Å². The summed E-state index contributed by atoms with van der Waals surface area (Å²) in [6, 6.07) is 16.6. The minimum absolute atomic E-state index is 0.0776. The lowest BCUT2D eigenvalue weighted by Crippen LogP contribution is -2.04. The summed E-state index contributed by atoms with van der Waals surface area (Å²) in [6.07, 6.45) is 0. The van der Waals surface area contributed by atoms with E-state index in [1.54, 1.807) is 18.2 Å². The standard InChI is InChI=1S/C25H22O3/c1-14-5-7-18(8-6-14)25-23(21-10-9-20(26)13-22(21)28-25)24(27)19-11-15(2)17(4)16(3)12-19/h5-13,26H,1-4H3. The second-order valence-corrected chi connectivity index (χ2v) is 7.42. The molecule has 4 rings (SSSR count). The van der Waals surface area contributed by atoms with Crippen LogP contribution in [0.25, 0.3) is 22.3 Å². The van der Waals surface area contributed by atoms with Gasteiger partial charge < -0.3 is 9.52 Å². The maximum absolute atomic E-state index is 13.6. The van der Waals surface area contributed by atoms with E-state index in [4.69, 9.17) is 4.42 Å². The van der Waals surface area contributed by atoms with Gasteiger partial charge in [-0.05, 0) is 68.7 Å². The van der Waals surface area contributed by atoms with E-state index in [2.05, 4.69) is 6.92 Å². The van der Waals surface area contributed by atoms with E-state index in [9.17, 15) is 9.90 Å². The van der Waals surface area contributed by atoms with Gasteiger partial charge in [-0.25, -0.2) is 0 Å². The predicted molar refractivity (Wildman–Crippen MR) is 112 cm³/mol. The highest BCUT2D eigenvalue weighted by Gasteiger charge is 2.24. The molecule has 4 aromatic rings. The van der Waals surface area contributed by atoms with E-state index in [1.165, 1.54) is 5.56 Å². The molecule has 3 nitrogen and oxygen atoms in total. The van der Waals surface area contributed by atoms with E-state index in [0.717, 1.165) is 22.3 Å². The van der Waals surface area contributed by atoms with Crippen LogP contribution in [0.5, 0.6) is 5.75 Å². The quantitative estimate of drug-likeness (QED) is 0.432. The van der Waals surface area contributed by atoms with Crippen molar-refractivity contribution in [3.05, 3.63) is 88.0 Å². The first-order chi connectivity index (χ1) is 13.3. The van der Waals surface area contributed by atoms with Gasteiger partial charge in [0.25, 0.3) is 0 Å². The van der Waals surface area contributed by atoms with Crippen LogP contribution in [0.2, 0.25) is 0 Å². The fourth-order valence-corrected chi connectivity index (χ4v) is 3.53. The van der Waals surface area contributed by atoms with E-state index in [0.29, 0.717) is 27.9 Å². The molecule has 0 atom stereocenters. The van der Waals surface area contributed by atoms with Crippen LogP contribution in [0.3, 0.4) is 0 Å². The molecule has 3 heteroatoms. The average Bonchev–Trinajstić information content (AvgIpc) is 3.04. The largest absolute Gasteiger partial charge is 0.508 e. The minimum Gasteiger partial charge on any atom is -0.508 e. The van der Waals surface area contributed by atoms with Crippen molar-refractivity contribution in [1.82, 2.24) is 0 Å². The zero-order valence-corrected chi connectivity index (χ0v) is 16.5. The molecule has 1 N–H and O–H groups in total. The number of ketones is 1. The van der Waals surface area contributed by atoms with Crippen LogP contribution in [0, 0.1) is 27.7 Å². The van der Waals surface area contributed by atoms with Gasteiger partial charge in [-0.15, -0.1) is 0 Å². The molecular formula is C25H22O3. The molecule has 0 saturated heterocycles. The Kier molecular flexibility index (Phi) is 4.31. The van der Waals surface area contributed by atoms with Crippen molar-refractivity contribution in [2.45, 2.75) is 27.7 Å². The van der Waals surface area contributed by atoms with Crippen molar-refractivity contribution in [2.24, 2.45) is 0 Å². The number of hydrogen-bond donors (Lipinski definition) is 1. The van der Waals surface area contributed by atoms with Crippen LogP contribution in [-0.2, 0) is 0 Å². The van der Waals surface area contributed by atoms with Crippen LogP contribution in [0.1, 0.15) is 38.2 Å². The van der Waals surface area contributed by atoms with Crippen molar-refractivity contribution in [2.75, 3.05) is 0 Å². The first-order valence-corrected chi connectivity index (χ1v) is 9.30. The van der Waals surface area contributed by atoms with E-state index < -0.39 is 0 Å². The van der Waals surface area contributed by atoms with E-state index in [-0.39, 0.29) is 11.5 Å². The Bertz CT molecular complexity index is 1190. The number of fused-ring (bicyclic) bond motifs is 1. The number of phenolic OH excluding ortho intramolecular Hbond substituents is 1. The second kappa shape index (κ2) is 6.68. The van der Waals surface area contributed by atoms with Crippen LogP contribution in [-0.4, -0.2) is 10.9 Å². The molecule has 140 valence electrons. The highest BCUT2D eigenvalue weighted by molar-refractivity contribution is 6.19. The SMILES string of the molecule is Cc1ccc(-c2oc3cc(O)ccc3c2C(=O)c2cc(C)c(C)c(C)c2)cc1. The fraction of sp³-hybridized carbons (Fsp3) is 0.160. The van der Waals surface area contributed by atoms with Gasteiger partial charge in [0, 0.05) is 22.6 Å². The molecular weight excluding hydrogens is 348 g/mol. The van der Waals surface area contributed by atoms with Gasteiger partial charge in [-0.1, -0.05) is 29.8 Å². The summed E-state index contributed by atoms with van der Waals surface area (Å²) in [7, 11) is 0. The predicted octanol–water partition coefficient (Wildman–Crippen LogP) is 6.27. The summed E-state index contributed by atoms with van der Waals surface area (Å²) in [5.74, 6) is 0.561.